The minimum Gasteiger partial charge on any atom is -0.490 e. The number of ether oxygens (including phenoxy) is 1. The fraction of sp³-hybridized carbons (Fsp3) is 0.421. The number of halogens is 6. The summed E-state index contributed by atoms with van der Waals surface area (Å²) in [5.41, 5.74) is -1.07. The standard InChI is InChI=1S/C19H14F6O2/c20-18(21,22)12-4-6-13(7-5-12)27-16-9-8-14-11(10-26)2-1-3-15(14)17(16)19(23,24)25/h2,8-10,12-13H,4-7H2. The second kappa shape index (κ2) is 6.95. The molecular weight excluding hydrogens is 374 g/mol. The minimum absolute atomic E-state index is 0.0176. The summed E-state index contributed by atoms with van der Waals surface area (Å²) in [5, 5.41) is -0.294. The van der Waals surface area contributed by atoms with E-state index >= 15 is 0 Å². The van der Waals surface area contributed by atoms with Crippen molar-refractivity contribution in [2.75, 3.05) is 0 Å². The number of rotatable bonds is 3. The number of benzene rings is 1. The van der Waals surface area contributed by atoms with Gasteiger partial charge in [0.2, 0.25) is 0 Å². The van der Waals surface area contributed by atoms with Crippen LogP contribution in [0.5, 0.6) is 5.75 Å². The van der Waals surface area contributed by atoms with Crippen LogP contribution >= 0.6 is 0 Å². The van der Waals surface area contributed by atoms with Gasteiger partial charge in [-0.2, -0.15) is 26.3 Å². The molecule has 0 bridgehead atoms. The van der Waals surface area contributed by atoms with Crippen LogP contribution in [0, 0.1) is 18.1 Å². The van der Waals surface area contributed by atoms with E-state index in [9.17, 15) is 31.1 Å². The summed E-state index contributed by atoms with van der Waals surface area (Å²) < 4.78 is 84.6. The zero-order valence-corrected chi connectivity index (χ0v) is 13.9. The highest BCUT2D eigenvalue weighted by Gasteiger charge is 2.42. The van der Waals surface area contributed by atoms with Crippen molar-refractivity contribution in [3.8, 4) is 5.75 Å². The molecule has 0 amide bonds. The van der Waals surface area contributed by atoms with Gasteiger partial charge in [0.25, 0.3) is 0 Å². The molecule has 144 valence electrons. The van der Waals surface area contributed by atoms with E-state index in [4.69, 9.17) is 4.74 Å². The Bertz CT molecular complexity index is 832. The SMILES string of the molecule is O=Cc1cc#cc2c(C(F)(F)F)c(OC3CCC(C(F)(F)F)CC3)ccc12. The summed E-state index contributed by atoms with van der Waals surface area (Å²) in [4.78, 5) is 11.1. The minimum atomic E-state index is -4.79. The Kier molecular flexibility index (Phi) is 4.98. The summed E-state index contributed by atoms with van der Waals surface area (Å²) in [7, 11) is 0. The molecule has 2 nitrogen and oxygen atoms in total. The maximum atomic E-state index is 13.6. The third kappa shape index (κ3) is 3.97. The first-order chi connectivity index (χ1) is 12.6. The first kappa shape index (κ1) is 19.3. The quantitative estimate of drug-likeness (QED) is 0.493. The Hall–Kier alpha value is -2.43. The molecule has 0 aromatic heterocycles. The molecule has 0 spiro atoms. The fourth-order valence-electron chi connectivity index (χ4n) is 3.38. The molecule has 2 aromatic carbocycles. The monoisotopic (exact) mass is 388 g/mol. The maximum Gasteiger partial charge on any atom is 0.421 e. The Morgan fingerprint density at radius 1 is 1.04 bits per heavy atom. The molecule has 0 saturated heterocycles. The normalized spacial score (nSPS) is 21.0. The summed E-state index contributed by atoms with van der Waals surface area (Å²) >= 11 is 0. The zero-order chi connectivity index (χ0) is 19.8. The van der Waals surface area contributed by atoms with Crippen LogP contribution in [0.4, 0.5) is 26.3 Å². The molecule has 1 aliphatic rings. The van der Waals surface area contributed by atoms with Gasteiger partial charge in [0.05, 0.1) is 12.0 Å². The lowest BCUT2D eigenvalue weighted by Gasteiger charge is -2.30. The second-order valence-corrected chi connectivity index (χ2v) is 6.48. The van der Waals surface area contributed by atoms with Crippen molar-refractivity contribution in [1.82, 2.24) is 0 Å². The van der Waals surface area contributed by atoms with E-state index in [0.29, 0.717) is 6.29 Å². The van der Waals surface area contributed by atoms with Gasteiger partial charge in [-0.1, -0.05) is 12.1 Å². The largest absolute Gasteiger partial charge is 0.490 e. The van der Waals surface area contributed by atoms with E-state index in [0.717, 1.165) is 6.07 Å². The van der Waals surface area contributed by atoms with Gasteiger partial charge in [0.1, 0.15) is 11.3 Å². The van der Waals surface area contributed by atoms with E-state index in [2.05, 4.69) is 12.1 Å². The van der Waals surface area contributed by atoms with Gasteiger partial charge in [-0.05, 0) is 43.9 Å². The van der Waals surface area contributed by atoms with Crippen LogP contribution in [-0.4, -0.2) is 18.6 Å². The van der Waals surface area contributed by atoms with Gasteiger partial charge in [-0.15, -0.1) is 0 Å². The Balaban J connectivity index is 1.92. The van der Waals surface area contributed by atoms with Crippen molar-refractivity contribution in [3.63, 3.8) is 0 Å². The summed E-state index contributed by atoms with van der Waals surface area (Å²) in [6, 6.07) is 8.40. The maximum absolute atomic E-state index is 13.6. The van der Waals surface area contributed by atoms with Crippen molar-refractivity contribution in [3.05, 3.63) is 41.5 Å². The molecule has 0 N–H and O–H groups in total. The van der Waals surface area contributed by atoms with E-state index < -0.39 is 35.7 Å². The number of carbonyl (C=O) groups is 1. The number of hydrogen-bond donors (Lipinski definition) is 0. The van der Waals surface area contributed by atoms with Crippen molar-refractivity contribution in [2.24, 2.45) is 5.92 Å². The molecule has 0 atom stereocenters. The summed E-state index contributed by atoms with van der Waals surface area (Å²) in [6.45, 7) is 0. The average molecular weight is 388 g/mol. The average Bonchev–Trinajstić information content (AvgIpc) is 2.59. The van der Waals surface area contributed by atoms with Crippen LogP contribution in [0.25, 0.3) is 10.8 Å². The lowest BCUT2D eigenvalue weighted by atomic mass is 9.87. The van der Waals surface area contributed by atoms with E-state index in [1.165, 1.54) is 12.1 Å². The van der Waals surface area contributed by atoms with Crippen LogP contribution in [0.3, 0.4) is 0 Å². The number of hydrogen-bond acceptors (Lipinski definition) is 2. The van der Waals surface area contributed by atoms with Crippen molar-refractivity contribution in [2.45, 2.75) is 44.1 Å². The van der Waals surface area contributed by atoms with Gasteiger partial charge < -0.3 is 4.74 Å². The van der Waals surface area contributed by atoms with Crippen LogP contribution in [0.15, 0.2) is 18.2 Å². The molecular formula is C19H14F6O2. The molecule has 8 heteroatoms. The Morgan fingerprint density at radius 3 is 2.26 bits per heavy atom. The summed E-state index contributed by atoms with van der Waals surface area (Å²) in [5.74, 6) is -1.92. The Labute approximate surface area is 151 Å². The van der Waals surface area contributed by atoms with Gasteiger partial charge >= 0.3 is 12.4 Å². The number of alkyl halides is 6. The highest BCUT2D eigenvalue weighted by atomic mass is 19.4. The smallest absolute Gasteiger partial charge is 0.421 e. The molecule has 27 heavy (non-hydrogen) atoms. The molecule has 1 fully saturated rings. The van der Waals surface area contributed by atoms with Crippen molar-refractivity contribution < 1.29 is 35.9 Å². The molecule has 1 saturated carbocycles. The highest BCUT2D eigenvalue weighted by molar-refractivity contribution is 5.99. The van der Waals surface area contributed by atoms with Crippen molar-refractivity contribution in [1.29, 1.82) is 0 Å². The van der Waals surface area contributed by atoms with Crippen LogP contribution in [0.1, 0.15) is 41.6 Å². The number of aldehydes is 1. The van der Waals surface area contributed by atoms with Crippen LogP contribution < -0.4 is 4.74 Å². The lowest BCUT2D eigenvalue weighted by Crippen LogP contribution is -2.32. The van der Waals surface area contributed by atoms with E-state index in [-0.39, 0.29) is 42.0 Å². The molecule has 0 aliphatic heterocycles. The van der Waals surface area contributed by atoms with Crippen molar-refractivity contribution >= 4 is 17.1 Å². The molecule has 3 rings (SSSR count). The number of carbonyl (C=O) groups excluding carboxylic acids is 1. The van der Waals surface area contributed by atoms with Gasteiger partial charge in [0, 0.05) is 16.3 Å². The second-order valence-electron chi connectivity index (χ2n) is 6.48. The first-order valence-corrected chi connectivity index (χ1v) is 8.26. The number of fused-ring (bicyclic) bond motifs is 1. The van der Waals surface area contributed by atoms with Crippen LogP contribution in [0.2, 0.25) is 0 Å². The third-order valence-corrected chi connectivity index (χ3v) is 4.74. The molecule has 0 unspecified atom stereocenters. The van der Waals surface area contributed by atoms with Gasteiger partial charge in [-0.3, -0.25) is 4.79 Å². The van der Waals surface area contributed by atoms with Gasteiger partial charge in [0.15, 0.2) is 6.29 Å². The molecule has 0 radical (unpaired) electrons. The third-order valence-electron chi connectivity index (χ3n) is 4.74. The first-order valence-electron chi connectivity index (χ1n) is 8.26. The van der Waals surface area contributed by atoms with Crippen LogP contribution in [-0.2, 0) is 6.18 Å². The molecule has 1 aliphatic carbocycles. The topological polar surface area (TPSA) is 26.3 Å². The van der Waals surface area contributed by atoms with Gasteiger partial charge in [-0.25, -0.2) is 0 Å². The Morgan fingerprint density at radius 2 is 1.70 bits per heavy atom. The van der Waals surface area contributed by atoms with E-state index in [1.807, 2.05) is 0 Å². The molecule has 0 heterocycles. The summed E-state index contributed by atoms with van der Waals surface area (Å²) in [6.07, 6.45) is -9.74. The predicted molar refractivity (Wildman–Crippen MR) is 84.4 cm³/mol. The van der Waals surface area contributed by atoms with E-state index in [1.54, 1.807) is 0 Å². The predicted octanol–water partition coefficient (Wildman–Crippen LogP) is 5.77. The fourth-order valence-corrected chi connectivity index (χ4v) is 3.38. The highest BCUT2D eigenvalue weighted by Crippen LogP contribution is 2.43. The lowest BCUT2D eigenvalue weighted by molar-refractivity contribution is -0.185. The molecule has 2 aromatic rings. The zero-order valence-electron chi connectivity index (χ0n) is 13.9.